The van der Waals surface area contributed by atoms with Gasteiger partial charge in [-0.15, -0.1) is 0 Å². The van der Waals surface area contributed by atoms with Crippen LogP contribution < -0.4 is 5.32 Å². The van der Waals surface area contributed by atoms with E-state index in [0.717, 1.165) is 6.54 Å². The summed E-state index contributed by atoms with van der Waals surface area (Å²) < 4.78 is 0. The topological polar surface area (TPSA) is 29.1 Å². The first-order valence-corrected chi connectivity index (χ1v) is 5.94. The average molecular weight is 248 g/mol. The zero-order chi connectivity index (χ0) is 9.84. The van der Waals surface area contributed by atoms with Crippen LogP contribution >= 0.6 is 15.9 Å². The Bertz CT molecular complexity index is 182. The fourth-order valence-electron chi connectivity index (χ4n) is 1.66. The number of hydrogen-bond donors (Lipinski definition) is 1. The molecule has 1 amide bonds. The maximum absolute atomic E-state index is 11.3. The summed E-state index contributed by atoms with van der Waals surface area (Å²) in [4.78, 5) is 11.9. The number of carbonyl (C=O) groups is 1. The van der Waals surface area contributed by atoms with Crippen molar-refractivity contribution in [2.24, 2.45) is 11.8 Å². The maximum atomic E-state index is 11.3. The van der Waals surface area contributed by atoms with E-state index in [1.165, 1.54) is 19.3 Å². The van der Waals surface area contributed by atoms with Crippen LogP contribution in [0.1, 0.15) is 33.1 Å². The summed E-state index contributed by atoms with van der Waals surface area (Å²) in [6, 6.07) is 0. The number of carbonyl (C=O) groups excluding carboxylic acids is 1. The molecule has 0 heterocycles. The van der Waals surface area contributed by atoms with Gasteiger partial charge in [0, 0.05) is 17.3 Å². The minimum absolute atomic E-state index is 0.107. The Labute approximate surface area is 88.6 Å². The molecule has 0 aliphatic heterocycles. The molecule has 0 aromatic heterocycles. The van der Waals surface area contributed by atoms with Gasteiger partial charge in [0.05, 0.1) is 0 Å². The van der Waals surface area contributed by atoms with Crippen LogP contribution in [0, 0.1) is 11.8 Å². The first-order chi connectivity index (χ1) is 6.11. The van der Waals surface area contributed by atoms with Crippen molar-refractivity contribution < 1.29 is 4.79 Å². The first-order valence-electron chi connectivity index (χ1n) is 5.03. The van der Waals surface area contributed by atoms with Gasteiger partial charge in [-0.05, 0) is 18.8 Å². The Hall–Kier alpha value is -0.0500. The maximum Gasteiger partial charge on any atom is 0.222 e. The molecule has 2 atom stereocenters. The predicted molar refractivity (Wildman–Crippen MR) is 57.9 cm³/mol. The quantitative estimate of drug-likeness (QED) is 0.763. The second kappa shape index (κ2) is 4.99. The standard InChI is InChI=1S/C10H18BrNO/c1-7(2)10(13)12-6-8-4-3-5-9(8)11/h7-9H,3-6H2,1-2H3,(H,12,13). The Morgan fingerprint density at radius 3 is 2.69 bits per heavy atom. The molecule has 1 aliphatic carbocycles. The van der Waals surface area contributed by atoms with Crippen molar-refractivity contribution in [1.82, 2.24) is 5.32 Å². The summed E-state index contributed by atoms with van der Waals surface area (Å²) >= 11 is 3.64. The van der Waals surface area contributed by atoms with Crippen LogP contribution in [0.25, 0.3) is 0 Å². The van der Waals surface area contributed by atoms with Gasteiger partial charge in [-0.1, -0.05) is 36.2 Å². The van der Waals surface area contributed by atoms with E-state index in [0.29, 0.717) is 10.7 Å². The second-order valence-corrected chi connectivity index (χ2v) is 5.28. The third-order valence-corrected chi connectivity index (χ3v) is 3.83. The molecule has 2 nitrogen and oxygen atoms in total. The molecule has 1 N–H and O–H groups in total. The Balaban J connectivity index is 2.22. The predicted octanol–water partition coefficient (Wildman–Crippen LogP) is 2.32. The first kappa shape index (κ1) is 11.0. The molecule has 0 bridgehead atoms. The largest absolute Gasteiger partial charge is 0.356 e. The van der Waals surface area contributed by atoms with E-state index in [1.807, 2.05) is 13.8 Å². The molecule has 0 aromatic carbocycles. The van der Waals surface area contributed by atoms with Gasteiger partial charge in [0.25, 0.3) is 0 Å². The molecular formula is C10H18BrNO. The van der Waals surface area contributed by atoms with Crippen molar-refractivity contribution in [3.63, 3.8) is 0 Å². The fraction of sp³-hybridized carbons (Fsp3) is 0.900. The Kier molecular flexibility index (Phi) is 4.23. The number of nitrogens with one attached hydrogen (secondary N) is 1. The number of amides is 1. The lowest BCUT2D eigenvalue weighted by atomic mass is 10.1. The number of rotatable bonds is 3. The number of hydrogen-bond acceptors (Lipinski definition) is 1. The summed E-state index contributed by atoms with van der Waals surface area (Å²) in [5.74, 6) is 0.921. The summed E-state index contributed by atoms with van der Waals surface area (Å²) in [5.41, 5.74) is 0. The Morgan fingerprint density at radius 1 is 1.54 bits per heavy atom. The van der Waals surface area contributed by atoms with Crippen LogP contribution in [-0.4, -0.2) is 17.3 Å². The molecule has 3 heteroatoms. The molecule has 1 aliphatic rings. The molecule has 2 unspecified atom stereocenters. The highest BCUT2D eigenvalue weighted by Gasteiger charge is 2.25. The van der Waals surface area contributed by atoms with Crippen LogP contribution in [0.4, 0.5) is 0 Å². The average Bonchev–Trinajstić information content (AvgIpc) is 2.47. The lowest BCUT2D eigenvalue weighted by molar-refractivity contribution is -0.124. The van der Waals surface area contributed by atoms with Crippen molar-refractivity contribution in [2.45, 2.75) is 37.9 Å². The van der Waals surface area contributed by atoms with Gasteiger partial charge in [0.2, 0.25) is 5.91 Å². The summed E-state index contributed by atoms with van der Waals surface area (Å²) in [6.07, 6.45) is 3.79. The van der Waals surface area contributed by atoms with Crippen LogP contribution in [0.5, 0.6) is 0 Å². The van der Waals surface area contributed by atoms with Crippen LogP contribution in [0.3, 0.4) is 0 Å². The fourth-order valence-corrected chi connectivity index (χ4v) is 2.43. The smallest absolute Gasteiger partial charge is 0.222 e. The summed E-state index contributed by atoms with van der Waals surface area (Å²) in [6.45, 7) is 4.69. The highest BCUT2D eigenvalue weighted by atomic mass is 79.9. The van der Waals surface area contributed by atoms with E-state index in [2.05, 4.69) is 21.2 Å². The van der Waals surface area contributed by atoms with E-state index in [4.69, 9.17) is 0 Å². The van der Waals surface area contributed by atoms with Crippen molar-refractivity contribution in [1.29, 1.82) is 0 Å². The van der Waals surface area contributed by atoms with Gasteiger partial charge in [-0.3, -0.25) is 4.79 Å². The van der Waals surface area contributed by atoms with Gasteiger partial charge in [0.15, 0.2) is 0 Å². The lowest BCUT2D eigenvalue weighted by Gasteiger charge is -2.15. The van der Waals surface area contributed by atoms with E-state index in [9.17, 15) is 4.79 Å². The SMILES string of the molecule is CC(C)C(=O)NCC1CCCC1Br. The molecule has 0 aromatic rings. The van der Waals surface area contributed by atoms with E-state index < -0.39 is 0 Å². The second-order valence-electron chi connectivity index (χ2n) is 4.11. The minimum Gasteiger partial charge on any atom is -0.356 e. The molecule has 1 saturated carbocycles. The third kappa shape index (κ3) is 3.29. The molecule has 13 heavy (non-hydrogen) atoms. The third-order valence-electron chi connectivity index (χ3n) is 2.63. The zero-order valence-electron chi connectivity index (χ0n) is 8.35. The van der Waals surface area contributed by atoms with Gasteiger partial charge in [-0.25, -0.2) is 0 Å². The highest BCUT2D eigenvalue weighted by molar-refractivity contribution is 9.09. The van der Waals surface area contributed by atoms with Crippen LogP contribution in [-0.2, 0) is 4.79 Å². The van der Waals surface area contributed by atoms with Crippen LogP contribution in [0.15, 0.2) is 0 Å². The summed E-state index contributed by atoms with van der Waals surface area (Å²) in [7, 11) is 0. The van der Waals surface area contributed by atoms with Gasteiger partial charge >= 0.3 is 0 Å². The van der Waals surface area contributed by atoms with Gasteiger partial charge < -0.3 is 5.32 Å². The van der Waals surface area contributed by atoms with Gasteiger partial charge in [-0.2, -0.15) is 0 Å². The molecule has 0 saturated heterocycles. The van der Waals surface area contributed by atoms with E-state index in [1.54, 1.807) is 0 Å². The zero-order valence-corrected chi connectivity index (χ0v) is 9.93. The van der Waals surface area contributed by atoms with Crippen molar-refractivity contribution in [2.75, 3.05) is 6.54 Å². The van der Waals surface area contributed by atoms with E-state index >= 15 is 0 Å². The normalized spacial score (nSPS) is 28.0. The number of alkyl halides is 1. The number of halogens is 1. The molecular weight excluding hydrogens is 230 g/mol. The van der Waals surface area contributed by atoms with Crippen molar-refractivity contribution >= 4 is 21.8 Å². The van der Waals surface area contributed by atoms with Gasteiger partial charge in [0.1, 0.15) is 0 Å². The molecule has 0 radical (unpaired) electrons. The molecule has 1 rings (SSSR count). The van der Waals surface area contributed by atoms with E-state index in [-0.39, 0.29) is 11.8 Å². The Morgan fingerprint density at radius 2 is 2.23 bits per heavy atom. The molecule has 0 spiro atoms. The van der Waals surface area contributed by atoms with Crippen LogP contribution in [0.2, 0.25) is 0 Å². The molecule has 76 valence electrons. The van der Waals surface area contributed by atoms with Crippen molar-refractivity contribution in [3.05, 3.63) is 0 Å². The minimum atomic E-state index is 0.107. The summed E-state index contributed by atoms with van der Waals surface area (Å²) in [5, 5.41) is 2.99. The molecule has 1 fully saturated rings. The monoisotopic (exact) mass is 247 g/mol. The lowest BCUT2D eigenvalue weighted by Crippen LogP contribution is -2.33. The van der Waals surface area contributed by atoms with Crippen molar-refractivity contribution in [3.8, 4) is 0 Å². The highest BCUT2D eigenvalue weighted by Crippen LogP contribution is 2.30.